The Morgan fingerprint density at radius 3 is 2.88 bits per heavy atom. The van der Waals surface area contributed by atoms with Crippen molar-refractivity contribution >= 4 is 11.9 Å². The maximum atomic E-state index is 12.6. The highest BCUT2D eigenvalue weighted by atomic mass is 16.6. The molecule has 3 heterocycles. The molecular weight excluding hydrogens is 326 g/mol. The molecule has 0 aromatic rings. The molecule has 2 saturated heterocycles. The summed E-state index contributed by atoms with van der Waals surface area (Å²) < 4.78 is 11.1. The van der Waals surface area contributed by atoms with Gasteiger partial charge in [-0.05, 0) is 25.3 Å². The van der Waals surface area contributed by atoms with Gasteiger partial charge in [0.15, 0.2) is 5.60 Å². The van der Waals surface area contributed by atoms with Gasteiger partial charge < -0.3 is 19.7 Å². The number of allylic oxidation sites excluding steroid dienone is 1. The highest BCUT2D eigenvalue weighted by Gasteiger charge is 2.46. The van der Waals surface area contributed by atoms with Gasteiger partial charge in [-0.15, -0.1) is 0 Å². The quantitative estimate of drug-likeness (QED) is 0.395. The van der Waals surface area contributed by atoms with Crippen LogP contribution in [0.2, 0.25) is 0 Å². The molecule has 0 amide bonds. The molecule has 0 unspecified atom stereocenters. The van der Waals surface area contributed by atoms with E-state index in [1.807, 2.05) is 6.08 Å². The van der Waals surface area contributed by atoms with Crippen molar-refractivity contribution < 1.29 is 29.3 Å². The van der Waals surface area contributed by atoms with Gasteiger partial charge in [-0.25, -0.2) is 9.59 Å². The van der Waals surface area contributed by atoms with Crippen LogP contribution in [-0.4, -0.2) is 71.1 Å². The summed E-state index contributed by atoms with van der Waals surface area (Å²) in [5, 5.41) is 20.2. The van der Waals surface area contributed by atoms with Gasteiger partial charge in [0.25, 0.3) is 0 Å². The van der Waals surface area contributed by atoms with Gasteiger partial charge in [0.2, 0.25) is 0 Å². The third kappa shape index (κ3) is 3.12. The highest BCUT2D eigenvalue weighted by molar-refractivity contribution is 5.89. The number of hydrogen-bond donors (Lipinski definition) is 2. The van der Waals surface area contributed by atoms with Gasteiger partial charge in [-0.2, -0.15) is 0 Å². The number of aliphatic hydroxyl groups is 2. The summed E-state index contributed by atoms with van der Waals surface area (Å²) in [6, 6.07) is -0.0890. The van der Waals surface area contributed by atoms with Gasteiger partial charge in [0.05, 0.1) is 12.6 Å². The molecule has 0 radical (unpaired) electrons. The first-order valence-corrected chi connectivity index (χ1v) is 8.70. The van der Waals surface area contributed by atoms with Crippen LogP contribution in [0, 0.1) is 5.92 Å². The first-order chi connectivity index (χ1) is 11.9. The molecule has 2 fully saturated rings. The minimum Gasteiger partial charge on any atom is -0.459 e. The minimum atomic E-state index is -2.05. The molecular formula is C18H25NO6. The fourth-order valence-corrected chi connectivity index (χ4v) is 3.85. The molecule has 2 N–H and O–H groups in total. The Hall–Kier alpha value is -1.70. The number of cyclic esters (lactones) is 1. The van der Waals surface area contributed by atoms with Crippen molar-refractivity contribution in [3.05, 3.63) is 23.3 Å². The molecule has 0 saturated carbocycles. The fourth-order valence-electron chi connectivity index (χ4n) is 3.85. The van der Waals surface area contributed by atoms with E-state index in [2.05, 4.69) is 4.90 Å². The molecule has 0 bridgehead atoms. The summed E-state index contributed by atoms with van der Waals surface area (Å²) in [4.78, 5) is 27.2. The Kier molecular flexibility index (Phi) is 4.99. The maximum absolute atomic E-state index is 12.6. The predicted octanol–water partition coefficient (Wildman–Crippen LogP) is 0.165. The number of carbonyl (C=O) groups is 2. The standard InChI is InChI=1S/C18H25NO6/c1-3-12-8-11(2)18(23,10-20)17(22)24-9-13-4-6-19-7-5-14(15(13)19)25-16(12)21/h3-4,11,14-15,20,23H,5-10H2,1-2H3/b12-3-/t11-,14+,15+,18+/m1/s1. The Bertz CT molecular complexity index is 627. The molecule has 3 rings (SSSR count). The second kappa shape index (κ2) is 6.90. The lowest BCUT2D eigenvalue weighted by Gasteiger charge is -2.32. The van der Waals surface area contributed by atoms with Crippen LogP contribution >= 0.6 is 0 Å². The molecule has 7 heteroatoms. The summed E-state index contributed by atoms with van der Waals surface area (Å²) in [5.41, 5.74) is -0.796. The Morgan fingerprint density at radius 2 is 2.20 bits per heavy atom. The smallest absolute Gasteiger partial charge is 0.341 e. The van der Waals surface area contributed by atoms with Gasteiger partial charge >= 0.3 is 11.9 Å². The van der Waals surface area contributed by atoms with Crippen LogP contribution in [0.5, 0.6) is 0 Å². The van der Waals surface area contributed by atoms with Crippen molar-refractivity contribution in [2.24, 2.45) is 5.92 Å². The normalized spacial score (nSPS) is 38.5. The van der Waals surface area contributed by atoms with E-state index >= 15 is 0 Å². The van der Waals surface area contributed by atoms with Crippen LogP contribution in [-0.2, 0) is 19.1 Å². The van der Waals surface area contributed by atoms with E-state index in [1.54, 1.807) is 19.9 Å². The number of aliphatic hydroxyl groups excluding tert-OH is 1. The number of ether oxygens (including phenoxy) is 2. The summed E-state index contributed by atoms with van der Waals surface area (Å²) in [6.45, 7) is 4.12. The SMILES string of the molecule is C/C=C1/C[C@@H](C)[C@@](O)(CO)C(=O)OCC2=CCN3CC[C@H](OC1=O)[C@H]23. The maximum Gasteiger partial charge on any atom is 0.341 e. The molecule has 0 spiro atoms. The van der Waals surface area contributed by atoms with Crippen molar-refractivity contribution in [3.63, 3.8) is 0 Å². The molecule has 0 aliphatic carbocycles. The lowest BCUT2D eigenvalue weighted by molar-refractivity contribution is -0.176. The van der Waals surface area contributed by atoms with E-state index < -0.39 is 30.1 Å². The van der Waals surface area contributed by atoms with E-state index in [0.29, 0.717) is 5.57 Å². The summed E-state index contributed by atoms with van der Waals surface area (Å²) in [6.07, 6.45) is 4.20. The highest BCUT2D eigenvalue weighted by Crippen LogP contribution is 2.34. The number of hydrogen-bond acceptors (Lipinski definition) is 7. The molecule has 25 heavy (non-hydrogen) atoms. The Balaban J connectivity index is 1.93. The van der Waals surface area contributed by atoms with Crippen LogP contribution in [0.4, 0.5) is 0 Å². The summed E-state index contributed by atoms with van der Waals surface area (Å²) in [7, 11) is 0. The average Bonchev–Trinajstić information content (AvgIpc) is 3.18. The van der Waals surface area contributed by atoms with Crippen LogP contribution in [0.15, 0.2) is 23.3 Å². The molecule has 3 aliphatic heterocycles. The zero-order valence-corrected chi connectivity index (χ0v) is 14.6. The first kappa shape index (κ1) is 18.1. The third-order valence-corrected chi connectivity index (χ3v) is 5.59. The van der Waals surface area contributed by atoms with Gasteiger partial charge in [-0.3, -0.25) is 4.90 Å². The second-order valence-electron chi connectivity index (χ2n) is 7.03. The van der Waals surface area contributed by atoms with Crippen molar-refractivity contribution in [1.82, 2.24) is 4.90 Å². The number of rotatable bonds is 1. The van der Waals surface area contributed by atoms with E-state index in [0.717, 1.165) is 25.1 Å². The molecule has 4 atom stereocenters. The molecule has 0 aromatic carbocycles. The summed E-state index contributed by atoms with van der Waals surface area (Å²) >= 11 is 0. The van der Waals surface area contributed by atoms with Crippen molar-refractivity contribution in [2.45, 2.75) is 44.4 Å². The van der Waals surface area contributed by atoms with Crippen molar-refractivity contribution in [1.29, 1.82) is 0 Å². The predicted molar refractivity (Wildman–Crippen MR) is 88.5 cm³/mol. The molecule has 0 aromatic heterocycles. The Morgan fingerprint density at radius 1 is 1.44 bits per heavy atom. The van der Waals surface area contributed by atoms with Crippen molar-refractivity contribution in [2.75, 3.05) is 26.3 Å². The zero-order chi connectivity index (χ0) is 18.2. The van der Waals surface area contributed by atoms with Crippen molar-refractivity contribution in [3.8, 4) is 0 Å². The van der Waals surface area contributed by atoms with E-state index in [9.17, 15) is 19.8 Å². The van der Waals surface area contributed by atoms with Crippen LogP contribution in [0.1, 0.15) is 26.7 Å². The summed E-state index contributed by atoms with van der Waals surface area (Å²) in [5.74, 6) is -1.99. The lowest BCUT2D eigenvalue weighted by atomic mass is 9.84. The fraction of sp³-hybridized carbons (Fsp3) is 0.667. The first-order valence-electron chi connectivity index (χ1n) is 8.70. The number of carbonyl (C=O) groups excluding carboxylic acids is 2. The molecule has 3 aliphatic rings. The van der Waals surface area contributed by atoms with Gasteiger partial charge in [0, 0.05) is 24.6 Å². The molecule has 7 nitrogen and oxygen atoms in total. The van der Waals surface area contributed by atoms with Gasteiger partial charge in [0.1, 0.15) is 12.7 Å². The largest absolute Gasteiger partial charge is 0.459 e. The van der Waals surface area contributed by atoms with Crippen LogP contribution in [0.25, 0.3) is 0 Å². The molecule has 138 valence electrons. The van der Waals surface area contributed by atoms with E-state index in [4.69, 9.17) is 9.47 Å². The zero-order valence-electron chi connectivity index (χ0n) is 14.6. The van der Waals surface area contributed by atoms with Crippen LogP contribution in [0.3, 0.4) is 0 Å². The average molecular weight is 351 g/mol. The van der Waals surface area contributed by atoms with Crippen LogP contribution < -0.4 is 0 Å². The number of esters is 2. The Labute approximate surface area is 146 Å². The minimum absolute atomic E-state index is 0.0273. The topological polar surface area (TPSA) is 96.3 Å². The van der Waals surface area contributed by atoms with Gasteiger partial charge in [-0.1, -0.05) is 19.1 Å². The lowest BCUT2D eigenvalue weighted by Crippen LogP contribution is -2.50. The van der Waals surface area contributed by atoms with E-state index in [1.165, 1.54) is 0 Å². The van der Waals surface area contributed by atoms with E-state index in [-0.39, 0.29) is 25.2 Å². The third-order valence-electron chi connectivity index (χ3n) is 5.59. The monoisotopic (exact) mass is 351 g/mol. The second-order valence-corrected chi connectivity index (χ2v) is 7.03. The number of nitrogens with zero attached hydrogens (tertiary/aromatic N) is 1.